The van der Waals surface area contributed by atoms with Crippen molar-refractivity contribution in [3.63, 3.8) is 0 Å². The van der Waals surface area contributed by atoms with E-state index in [9.17, 15) is 24.0 Å². The number of aliphatic carboxylic acids is 2. The number of hydrogen-bond donors (Lipinski definition) is 3. The van der Waals surface area contributed by atoms with Gasteiger partial charge in [0.05, 0.1) is 6.54 Å². The predicted octanol–water partition coefficient (Wildman–Crippen LogP) is 2.36. The van der Waals surface area contributed by atoms with E-state index in [2.05, 4.69) is 6.92 Å². The summed E-state index contributed by atoms with van der Waals surface area (Å²) < 4.78 is 5.62. The van der Waals surface area contributed by atoms with Crippen LogP contribution in [0.3, 0.4) is 0 Å². The highest BCUT2D eigenvalue weighted by atomic mass is 16.5. The molecule has 0 radical (unpaired) electrons. The van der Waals surface area contributed by atoms with Crippen LogP contribution in [0.25, 0.3) is 0 Å². The summed E-state index contributed by atoms with van der Waals surface area (Å²) in [6.45, 7) is 4.18. The Morgan fingerprint density at radius 2 is 1.68 bits per heavy atom. The number of fused-ring (bicyclic) bond motifs is 5. The highest BCUT2D eigenvalue weighted by molar-refractivity contribution is 5.90. The number of hydrogen-bond acceptors (Lipinski definition) is 7. The van der Waals surface area contributed by atoms with Gasteiger partial charge in [-0.1, -0.05) is 26.7 Å². The summed E-state index contributed by atoms with van der Waals surface area (Å²) in [5.41, 5.74) is 5.02. The molecule has 7 atom stereocenters. The lowest BCUT2D eigenvalue weighted by Crippen LogP contribution is -2.57. The van der Waals surface area contributed by atoms with Crippen molar-refractivity contribution in [1.29, 1.82) is 0 Å². The molecule has 0 aromatic carbocycles. The SMILES string of the molecule is C[C@]12CCCC[C@@H]1C(=O)C[C@@H]1[C@@H]2CC[C@]2(C)C(=O)CC(OC(=O)CN)[C@@H]12.O=C(O)C=CC(=O)O. The first-order valence-corrected chi connectivity index (χ1v) is 12.0. The molecule has 4 aliphatic rings. The zero-order valence-corrected chi connectivity index (χ0v) is 19.8. The molecule has 0 saturated heterocycles. The lowest BCUT2D eigenvalue weighted by atomic mass is 9.45. The van der Waals surface area contributed by atoms with Crippen molar-refractivity contribution in [2.75, 3.05) is 6.54 Å². The van der Waals surface area contributed by atoms with E-state index in [1.165, 1.54) is 6.42 Å². The molecule has 34 heavy (non-hydrogen) atoms. The molecule has 0 aromatic rings. The van der Waals surface area contributed by atoms with E-state index in [0.717, 1.165) is 32.1 Å². The normalized spacial score (nSPS) is 38.7. The van der Waals surface area contributed by atoms with Gasteiger partial charge in [0.15, 0.2) is 0 Å². The van der Waals surface area contributed by atoms with Crippen molar-refractivity contribution in [3.8, 4) is 0 Å². The second-order valence-electron chi connectivity index (χ2n) is 10.6. The average Bonchev–Trinajstić information content (AvgIpc) is 3.02. The van der Waals surface area contributed by atoms with Crippen molar-refractivity contribution in [2.24, 2.45) is 40.2 Å². The van der Waals surface area contributed by atoms with Gasteiger partial charge in [-0.3, -0.25) is 14.4 Å². The highest BCUT2D eigenvalue weighted by Gasteiger charge is 2.65. The van der Waals surface area contributed by atoms with E-state index in [1.54, 1.807) is 0 Å². The van der Waals surface area contributed by atoms with Crippen LogP contribution in [0.2, 0.25) is 0 Å². The zero-order valence-electron chi connectivity index (χ0n) is 19.8. The third-order valence-electron chi connectivity index (χ3n) is 8.86. The molecule has 9 nitrogen and oxygen atoms in total. The van der Waals surface area contributed by atoms with E-state index < -0.39 is 29.4 Å². The number of carboxylic acids is 2. The molecule has 1 unspecified atom stereocenters. The predicted molar refractivity (Wildman–Crippen MR) is 120 cm³/mol. The first-order valence-electron chi connectivity index (χ1n) is 12.0. The fourth-order valence-electron chi connectivity index (χ4n) is 7.38. The van der Waals surface area contributed by atoms with Gasteiger partial charge in [-0.25, -0.2) is 9.59 Å². The summed E-state index contributed by atoms with van der Waals surface area (Å²) in [5, 5.41) is 15.6. The van der Waals surface area contributed by atoms with Crippen LogP contribution in [0.5, 0.6) is 0 Å². The molecule has 4 rings (SSSR count). The van der Waals surface area contributed by atoms with Crippen molar-refractivity contribution >= 4 is 29.5 Å². The minimum absolute atomic E-state index is 0.0344. The molecule has 0 heterocycles. The second kappa shape index (κ2) is 9.98. The summed E-state index contributed by atoms with van der Waals surface area (Å²) in [4.78, 5) is 56.8. The van der Waals surface area contributed by atoms with E-state index >= 15 is 0 Å². The molecule has 4 N–H and O–H groups in total. The Morgan fingerprint density at radius 1 is 1.03 bits per heavy atom. The summed E-state index contributed by atoms with van der Waals surface area (Å²) in [5.74, 6) is -1.63. The monoisotopic (exact) mass is 477 g/mol. The fraction of sp³-hybridized carbons (Fsp3) is 0.720. The van der Waals surface area contributed by atoms with Crippen LogP contribution in [0.4, 0.5) is 0 Å². The van der Waals surface area contributed by atoms with Gasteiger partial charge >= 0.3 is 17.9 Å². The van der Waals surface area contributed by atoms with Crippen molar-refractivity contribution in [3.05, 3.63) is 12.2 Å². The zero-order chi connectivity index (χ0) is 25.3. The van der Waals surface area contributed by atoms with Gasteiger partial charge in [0.25, 0.3) is 0 Å². The van der Waals surface area contributed by atoms with Gasteiger partial charge in [0.2, 0.25) is 0 Å². The van der Waals surface area contributed by atoms with Gasteiger partial charge < -0.3 is 20.7 Å². The quantitative estimate of drug-likeness (QED) is 0.408. The maximum atomic E-state index is 13.0. The largest absolute Gasteiger partial charge is 0.478 e. The molecule has 0 spiro atoms. The molecule has 0 bridgehead atoms. The highest BCUT2D eigenvalue weighted by Crippen LogP contribution is 2.65. The number of esters is 1. The van der Waals surface area contributed by atoms with E-state index in [-0.39, 0.29) is 41.9 Å². The van der Waals surface area contributed by atoms with Gasteiger partial charge in [0, 0.05) is 42.2 Å². The first kappa shape index (κ1) is 26.1. The Balaban J connectivity index is 0.000000350. The standard InChI is InChI=1S/C21H31NO4.C4H4O4/c1-20-7-4-3-5-14(20)15(23)9-12-13(20)6-8-21(2)17(24)10-16(19(12)21)26-18(25)11-22;5-3(6)1-2-4(7)8/h12-14,16,19H,3-11,22H2,1-2H3;1-2H,(H,5,6)(H,7,8)/t12-,13+,14-,16?,19-,20-,21-;/m1./s1. The third-order valence-corrected chi connectivity index (χ3v) is 8.86. The molecular weight excluding hydrogens is 442 g/mol. The number of Topliss-reactive ketones (excluding diaryl/α,β-unsaturated/α-hetero) is 2. The second-order valence-corrected chi connectivity index (χ2v) is 10.6. The molecule has 0 aliphatic heterocycles. The molecule has 4 fully saturated rings. The third kappa shape index (κ3) is 4.80. The lowest BCUT2D eigenvalue weighted by Gasteiger charge is -2.59. The van der Waals surface area contributed by atoms with Gasteiger partial charge in [0.1, 0.15) is 17.7 Å². The van der Waals surface area contributed by atoms with Crippen molar-refractivity contribution in [1.82, 2.24) is 0 Å². The van der Waals surface area contributed by atoms with Crippen LogP contribution < -0.4 is 5.73 Å². The molecule has 0 amide bonds. The minimum Gasteiger partial charge on any atom is -0.478 e. The number of ether oxygens (including phenoxy) is 1. The van der Waals surface area contributed by atoms with Gasteiger partial charge in [-0.2, -0.15) is 0 Å². The lowest BCUT2D eigenvalue weighted by molar-refractivity contribution is -0.167. The van der Waals surface area contributed by atoms with Gasteiger partial charge in [-0.05, 0) is 42.9 Å². The van der Waals surface area contributed by atoms with E-state index in [1.807, 2.05) is 6.92 Å². The fourth-order valence-corrected chi connectivity index (χ4v) is 7.38. The van der Waals surface area contributed by atoms with Crippen LogP contribution >= 0.6 is 0 Å². The van der Waals surface area contributed by atoms with Crippen LogP contribution in [0, 0.1) is 34.5 Å². The molecular formula is C25H35NO8. The maximum absolute atomic E-state index is 13.0. The molecule has 188 valence electrons. The van der Waals surface area contributed by atoms with E-state index in [0.29, 0.717) is 30.3 Å². The Morgan fingerprint density at radius 3 is 2.26 bits per heavy atom. The number of carbonyl (C=O) groups is 5. The number of carbonyl (C=O) groups excluding carboxylic acids is 3. The topological polar surface area (TPSA) is 161 Å². The Bertz CT molecular complexity index is 879. The molecule has 4 saturated carbocycles. The van der Waals surface area contributed by atoms with Gasteiger partial charge in [-0.15, -0.1) is 0 Å². The average molecular weight is 478 g/mol. The van der Waals surface area contributed by atoms with Crippen LogP contribution in [0.15, 0.2) is 12.2 Å². The number of nitrogens with two attached hydrogens (primary N) is 1. The summed E-state index contributed by atoms with van der Waals surface area (Å²) >= 11 is 0. The number of rotatable bonds is 4. The number of carboxylic acid groups (broad SMARTS) is 2. The summed E-state index contributed by atoms with van der Waals surface area (Å²) in [6.07, 6.45) is 7.87. The van der Waals surface area contributed by atoms with Crippen LogP contribution in [-0.2, 0) is 28.7 Å². The van der Waals surface area contributed by atoms with E-state index in [4.69, 9.17) is 20.7 Å². The van der Waals surface area contributed by atoms with Crippen LogP contribution in [0.1, 0.15) is 65.2 Å². The molecule has 0 aromatic heterocycles. The Labute approximate surface area is 199 Å². The number of ketones is 2. The molecule has 4 aliphatic carbocycles. The summed E-state index contributed by atoms with van der Waals surface area (Å²) in [7, 11) is 0. The minimum atomic E-state index is -1.26. The van der Waals surface area contributed by atoms with Crippen LogP contribution in [-0.4, -0.2) is 52.3 Å². The maximum Gasteiger partial charge on any atom is 0.328 e. The first-order chi connectivity index (χ1) is 15.9. The van der Waals surface area contributed by atoms with Crippen molar-refractivity contribution < 1.29 is 38.9 Å². The Hall–Kier alpha value is -2.55. The summed E-state index contributed by atoms with van der Waals surface area (Å²) in [6, 6.07) is 0. The Kier molecular flexibility index (Phi) is 7.65. The molecule has 9 heteroatoms. The van der Waals surface area contributed by atoms with Crippen molar-refractivity contribution in [2.45, 2.75) is 71.3 Å². The smallest absolute Gasteiger partial charge is 0.328 e.